The van der Waals surface area contributed by atoms with Crippen molar-refractivity contribution in [3.8, 4) is 0 Å². The van der Waals surface area contributed by atoms with Crippen LogP contribution in [0.15, 0.2) is 24.3 Å². The van der Waals surface area contributed by atoms with Gasteiger partial charge in [0, 0.05) is 32.4 Å². The maximum absolute atomic E-state index is 13.0. The number of hydrogen-bond donors (Lipinski definition) is 1. The van der Waals surface area contributed by atoms with Crippen LogP contribution in [-0.2, 0) is 35.1 Å². The van der Waals surface area contributed by atoms with Crippen LogP contribution in [0.4, 0.5) is 5.69 Å². The van der Waals surface area contributed by atoms with Crippen molar-refractivity contribution in [3.63, 3.8) is 0 Å². The fourth-order valence-corrected chi connectivity index (χ4v) is 3.67. The first kappa shape index (κ1) is 24.7. The number of rotatable bonds is 5. The van der Waals surface area contributed by atoms with E-state index in [0.717, 1.165) is 0 Å². The second-order valence-corrected chi connectivity index (χ2v) is 9.24. The topological polar surface area (TPSA) is 117 Å². The van der Waals surface area contributed by atoms with Gasteiger partial charge in [-0.15, -0.1) is 0 Å². The van der Waals surface area contributed by atoms with Crippen molar-refractivity contribution in [1.82, 2.24) is 9.80 Å². The molecule has 0 spiro atoms. The van der Waals surface area contributed by atoms with Crippen molar-refractivity contribution in [1.29, 1.82) is 0 Å². The third-order valence-corrected chi connectivity index (χ3v) is 5.44. The van der Waals surface area contributed by atoms with Gasteiger partial charge < -0.3 is 29.3 Å². The van der Waals surface area contributed by atoms with E-state index in [0.29, 0.717) is 24.3 Å². The monoisotopic (exact) mass is 461 g/mol. The van der Waals surface area contributed by atoms with Gasteiger partial charge in [-0.05, 0) is 38.5 Å². The first-order chi connectivity index (χ1) is 15.5. The van der Waals surface area contributed by atoms with Crippen molar-refractivity contribution in [3.05, 3.63) is 29.8 Å². The van der Waals surface area contributed by atoms with Crippen LogP contribution in [0.2, 0.25) is 0 Å². The second kappa shape index (κ2) is 9.88. The molecular formula is C23H31N3O7. The van der Waals surface area contributed by atoms with Crippen LogP contribution in [-0.4, -0.2) is 96.2 Å². The summed E-state index contributed by atoms with van der Waals surface area (Å²) in [6, 6.07) is 6.94. The van der Waals surface area contributed by atoms with Crippen LogP contribution in [0, 0.1) is 0 Å². The summed E-state index contributed by atoms with van der Waals surface area (Å²) in [5, 5.41) is 10.4. The number of ether oxygens (including phenoxy) is 2. The number of likely N-dealkylation sites (N-methyl/N-ethyl adjacent to an activating group) is 1. The predicted octanol–water partition coefficient (Wildman–Crippen LogP) is -0.0359. The van der Waals surface area contributed by atoms with Crippen LogP contribution in [0.3, 0.4) is 0 Å². The molecule has 1 aromatic rings. The van der Waals surface area contributed by atoms with Gasteiger partial charge in [-0.25, -0.2) is 4.79 Å². The molecule has 2 aliphatic heterocycles. The van der Waals surface area contributed by atoms with E-state index in [1.54, 1.807) is 57.0 Å². The van der Waals surface area contributed by atoms with E-state index in [4.69, 9.17) is 9.47 Å². The Balaban J connectivity index is 1.69. The molecule has 3 amide bonds. The highest BCUT2D eigenvalue weighted by Crippen LogP contribution is 2.23. The fraction of sp³-hybridized carbons (Fsp3) is 0.565. The molecule has 2 aliphatic rings. The van der Waals surface area contributed by atoms with Gasteiger partial charge in [0.05, 0.1) is 19.6 Å². The molecular weight excluding hydrogens is 430 g/mol. The Hall–Kier alpha value is -2.98. The maximum Gasteiger partial charge on any atom is 0.338 e. The molecule has 0 aromatic heterocycles. The van der Waals surface area contributed by atoms with Crippen molar-refractivity contribution >= 4 is 29.4 Å². The van der Waals surface area contributed by atoms with E-state index >= 15 is 0 Å². The molecule has 2 heterocycles. The smallest absolute Gasteiger partial charge is 0.338 e. The summed E-state index contributed by atoms with van der Waals surface area (Å²) in [4.78, 5) is 54.3. The van der Waals surface area contributed by atoms with Crippen LogP contribution >= 0.6 is 0 Å². The minimum atomic E-state index is -1.75. The van der Waals surface area contributed by atoms with Crippen LogP contribution in [0.5, 0.6) is 0 Å². The van der Waals surface area contributed by atoms with Gasteiger partial charge in [0.2, 0.25) is 11.8 Å². The average molecular weight is 462 g/mol. The van der Waals surface area contributed by atoms with Gasteiger partial charge in [0.1, 0.15) is 5.60 Å². The minimum Gasteiger partial charge on any atom is -0.458 e. The lowest BCUT2D eigenvalue weighted by molar-refractivity contribution is -0.177. The SMILES string of the molecule is CN1CCN(C(=O)Cc2cccc(N3CCOC(C(O)C(=O)OC(C)(C)C)C3=O)c2)CC1=O. The summed E-state index contributed by atoms with van der Waals surface area (Å²) in [6.07, 6.45) is -3.04. The molecule has 0 bridgehead atoms. The van der Waals surface area contributed by atoms with E-state index in [9.17, 15) is 24.3 Å². The molecule has 3 rings (SSSR count). The fourth-order valence-electron chi connectivity index (χ4n) is 3.67. The van der Waals surface area contributed by atoms with Gasteiger partial charge in [-0.2, -0.15) is 0 Å². The number of aliphatic hydroxyl groups is 1. The van der Waals surface area contributed by atoms with Crippen molar-refractivity contribution in [2.24, 2.45) is 0 Å². The molecule has 0 radical (unpaired) electrons. The summed E-state index contributed by atoms with van der Waals surface area (Å²) < 4.78 is 10.6. The van der Waals surface area contributed by atoms with E-state index in [1.807, 2.05) is 0 Å². The van der Waals surface area contributed by atoms with Gasteiger partial charge in [-0.3, -0.25) is 14.4 Å². The zero-order valence-electron chi connectivity index (χ0n) is 19.4. The largest absolute Gasteiger partial charge is 0.458 e. The standard InChI is InChI=1S/C23H31N3O7/c1-23(2,3)33-22(31)19(29)20-21(30)26(10-11-32-20)16-7-5-6-15(12-16)13-17(27)25-9-8-24(4)18(28)14-25/h5-7,12,19-20,29H,8-11,13-14H2,1-4H3. The number of anilines is 1. The van der Waals surface area contributed by atoms with Gasteiger partial charge in [0.15, 0.2) is 12.2 Å². The molecule has 10 heteroatoms. The maximum atomic E-state index is 13.0. The number of carbonyl (C=O) groups is 4. The minimum absolute atomic E-state index is 0.0568. The van der Waals surface area contributed by atoms with Crippen molar-refractivity contribution < 1.29 is 33.8 Å². The number of hydrogen-bond acceptors (Lipinski definition) is 7. The molecule has 2 atom stereocenters. The lowest BCUT2D eigenvalue weighted by Gasteiger charge is -2.34. The molecule has 33 heavy (non-hydrogen) atoms. The molecule has 0 saturated carbocycles. The Morgan fingerprint density at radius 2 is 1.94 bits per heavy atom. The molecule has 180 valence electrons. The van der Waals surface area contributed by atoms with Gasteiger partial charge in [-0.1, -0.05) is 12.1 Å². The summed E-state index contributed by atoms with van der Waals surface area (Å²) in [5.41, 5.74) is 0.405. The van der Waals surface area contributed by atoms with E-state index in [2.05, 4.69) is 0 Å². The summed E-state index contributed by atoms with van der Waals surface area (Å²) >= 11 is 0. The van der Waals surface area contributed by atoms with Crippen LogP contribution in [0.1, 0.15) is 26.3 Å². The van der Waals surface area contributed by atoms with Crippen molar-refractivity contribution in [2.45, 2.75) is 45.0 Å². The summed E-state index contributed by atoms with van der Waals surface area (Å²) in [6.45, 7) is 6.39. The normalized spacial score (nSPS) is 20.6. The number of morpholine rings is 1. The number of esters is 1. The summed E-state index contributed by atoms with van der Waals surface area (Å²) in [7, 11) is 1.71. The number of aliphatic hydroxyl groups excluding tert-OH is 1. The second-order valence-electron chi connectivity index (χ2n) is 9.24. The van der Waals surface area contributed by atoms with E-state index < -0.39 is 29.7 Å². The third kappa shape index (κ3) is 6.08. The third-order valence-electron chi connectivity index (χ3n) is 5.44. The number of benzene rings is 1. The Kier molecular flexibility index (Phi) is 7.38. The Morgan fingerprint density at radius 1 is 1.21 bits per heavy atom. The molecule has 1 N–H and O–H groups in total. The highest BCUT2D eigenvalue weighted by atomic mass is 16.6. The predicted molar refractivity (Wildman–Crippen MR) is 118 cm³/mol. The average Bonchev–Trinajstić information content (AvgIpc) is 2.74. The van der Waals surface area contributed by atoms with E-state index in [1.165, 1.54) is 9.80 Å². The molecule has 1 aromatic carbocycles. The Morgan fingerprint density at radius 3 is 2.61 bits per heavy atom. The highest BCUT2D eigenvalue weighted by molar-refractivity contribution is 6.00. The van der Waals surface area contributed by atoms with Gasteiger partial charge >= 0.3 is 5.97 Å². The highest BCUT2D eigenvalue weighted by Gasteiger charge is 2.41. The first-order valence-electron chi connectivity index (χ1n) is 10.9. The number of nitrogens with zero attached hydrogens (tertiary/aromatic N) is 3. The molecule has 2 unspecified atom stereocenters. The quantitative estimate of drug-likeness (QED) is 0.612. The number of amides is 3. The molecule has 0 aliphatic carbocycles. The van der Waals surface area contributed by atoms with Gasteiger partial charge in [0.25, 0.3) is 5.91 Å². The lowest BCUT2D eigenvalue weighted by Crippen LogP contribution is -2.55. The zero-order valence-corrected chi connectivity index (χ0v) is 19.4. The van der Waals surface area contributed by atoms with Crippen LogP contribution < -0.4 is 4.90 Å². The Labute approximate surface area is 193 Å². The number of piperazine rings is 1. The lowest BCUT2D eigenvalue weighted by atomic mass is 10.1. The summed E-state index contributed by atoms with van der Waals surface area (Å²) in [5.74, 6) is -1.76. The zero-order chi connectivity index (χ0) is 24.3. The molecule has 2 fully saturated rings. The number of carbonyl (C=O) groups excluding carboxylic acids is 4. The first-order valence-corrected chi connectivity index (χ1v) is 10.9. The van der Waals surface area contributed by atoms with E-state index in [-0.39, 0.29) is 37.9 Å². The molecule has 10 nitrogen and oxygen atoms in total. The Bertz CT molecular complexity index is 927. The van der Waals surface area contributed by atoms with Crippen molar-refractivity contribution in [2.75, 3.05) is 44.7 Å². The van der Waals surface area contributed by atoms with Crippen LogP contribution in [0.25, 0.3) is 0 Å². The molecule has 2 saturated heterocycles.